The predicted molar refractivity (Wildman–Crippen MR) is 96.4 cm³/mol. The number of nitrogens with zero attached hydrogens (tertiary/aromatic N) is 1. The van der Waals surface area contributed by atoms with Crippen molar-refractivity contribution in [3.8, 4) is 0 Å². The third kappa shape index (κ3) is 5.58. The summed E-state index contributed by atoms with van der Waals surface area (Å²) >= 11 is 1.51. The average Bonchev–Trinajstić information content (AvgIpc) is 2.59. The van der Waals surface area contributed by atoms with E-state index >= 15 is 0 Å². The molecule has 7 heteroatoms. The molecule has 0 spiro atoms. The van der Waals surface area contributed by atoms with Crippen molar-refractivity contribution in [2.45, 2.75) is 17.1 Å². The van der Waals surface area contributed by atoms with E-state index in [1.165, 1.54) is 23.9 Å². The number of carbonyl (C=O) groups is 1. The fourth-order valence-electron chi connectivity index (χ4n) is 1.99. The van der Waals surface area contributed by atoms with Gasteiger partial charge in [-0.05, 0) is 31.2 Å². The lowest BCUT2D eigenvalue weighted by atomic mass is 10.3. The number of benzene rings is 2. The molecule has 0 heterocycles. The number of rotatable bonds is 8. The fourth-order valence-corrected chi connectivity index (χ4v) is 2.91. The normalized spacial score (nSPS) is 11.5. The maximum Gasteiger partial charge on any atom is 0.269 e. The molecule has 2 rings (SSSR count). The Balaban J connectivity index is 1.69. The molecule has 0 unspecified atom stereocenters. The molecule has 0 fully saturated rings. The van der Waals surface area contributed by atoms with E-state index in [1.54, 1.807) is 12.1 Å². The van der Waals surface area contributed by atoms with Gasteiger partial charge in [-0.15, -0.1) is 11.8 Å². The van der Waals surface area contributed by atoms with Crippen molar-refractivity contribution >= 4 is 29.0 Å². The van der Waals surface area contributed by atoms with E-state index in [0.29, 0.717) is 13.1 Å². The highest BCUT2D eigenvalue weighted by atomic mass is 32.2. The molecule has 0 saturated carbocycles. The van der Waals surface area contributed by atoms with Crippen LogP contribution in [0.1, 0.15) is 6.92 Å². The van der Waals surface area contributed by atoms with Crippen LogP contribution in [0.2, 0.25) is 0 Å². The van der Waals surface area contributed by atoms with Gasteiger partial charge in [0.1, 0.15) is 0 Å². The number of hydrogen-bond donors (Lipinski definition) is 2. The Morgan fingerprint density at radius 2 is 1.79 bits per heavy atom. The van der Waals surface area contributed by atoms with Crippen molar-refractivity contribution in [2.24, 2.45) is 0 Å². The lowest BCUT2D eigenvalue weighted by molar-refractivity contribution is -0.384. The van der Waals surface area contributed by atoms with Crippen LogP contribution in [0.15, 0.2) is 59.5 Å². The summed E-state index contributed by atoms with van der Waals surface area (Å²) in [6, 6.07) is 16.0. The lowest BCUT2D eigenvalue weighted by Crippen LogP contribution is -2.34. The first-order chi connectivity index (χ1) is 11.6. The molecule has 0 bridgehead atoms. The number of nitro groups is 1. The van der Waals surface area contributed by atoms with E-state index in [-0.39, 0.29) is 16.8 Å². The third-order valence-corrected chi connectivity index (χ3v) is 4.37. The summed E-state index contributed by atoms with van der Waals surface area (Å²) in [6.45, 7) is 2.90. The highest BCUT2D eigenvalue weighted by Crippen LogP contribution is 2.22. The minimum Gasteiger partial charge on any atom is -0.383 e. The van der Waals surface area contributed by atoms with Crippen molar-refractivity contribution in [1.29, 1.82) is 0 Å². The summed E-state index contributed by atoms with van der Waals surface area (Å²) < 4.78 is 0. The summed E-state index contributed by atoms with van der Waals surface area (Å²) in [7, 11) is 0. The number of thioether (sulfide) groups is 1. The zero-order chi connectivity index (χ0) is 17.4. The lowest BCUT2D eigenvalue weighted by Gasteiger charge is -2.12. The molecule has 2 aromatic rings. The van der Waals surface area contributed by atoms with Gasteiger partial charge in [0.25, 0.3) is 5.69 Å². The minimum atomic E-state index is -0.435. The molecular weight excluding hydrogens is 326 g/mol. The predicted octanol–water partition coefficient (Wildman–Crippen LogP) is 3.30. The number of nitrogens with one attached hydrogen (secondary N) is 2. The van der Waals surface area contributed by atoms with Crippen LogP contribution in [-0.4, -0.2) is 29.2 Å². The maximum absolute atomic E-state index is 12.0. The maximum atomic E-state index is 12.0. The number of hydrogen-bond acceptors (Lipinski definition) is 5. The van der Waals surface area contributed by atoms with Crippen molar-refractivity contribution in [3.63, 3.8) is 0 Å². The van der Waals surface area contributed by atoms with Gasteiger partial charge >= 0.3 is 0 Å². The van der Waals surface area contributed by atoms with E-state index in [4.69, 9.17) is 0 Å². The number of anilines is 1. The van der Waals surface area contributed by atoms with Crippen LogP contribution in [0, 0.1) is 10.1 Å². The SMILES string of the molecule is C[C@@H](Sc1ccccc1)C(=O)NCCNc1ccc([N+](=O)[O-])cc1. The van der Waals surface area contributed by atoms with Gasteiger partial charge < -0.3 is 10.6 Å². The third-order valence-electron chi connectivity index (χ3n) is 3.26. The van der Waals surface area contributed by atoms with Crippen molar-refractivity contribution in [1.82, 2.24) is 5.32 Å². The molecule has 0 aliphatic carbocycles. The topological polar surface area (TPSA) is 84.3 Å². The van der Waals surface area contributed by atoms with E-state index in [1.807, 2.05) is 37.3 Å². The highest BCUT2D eigenvalue weighted by Gasteiger charge is 2.13. The van der Waals surface area contributed by atoms with Crippen LogP contribution in [0.3, 0.4) is 0 Å². The van der Waals surface area contributed by atoms with Gasteiger partial charge in [0.2, 0.25) is 5.91 Å². The van der Waals surface area contributed by atoms with Gasteiger partial charge in [-0.3, -0.25) is 14.9 Å². The van der Waals surface area contributed by atoms with E-state index in [2.05, 4.69) is 10.6 Å². The van der Waals surface area contributed by atoms with Crippen molar-refractivity contribution < 1.29 is 9.72 Å². The zero-order valence-corrected chi connectivity index (χ0v) is 14.1. The number of carbonyl (C=O) groups excluding carboxylic acids is 1. The Morgan fingerprint density at radius 3 is 2.42 bits per heavy atom. The molecule has 0 aliphatic rings. The van der Waals surface area contributed by atoms with Crippen LogP contribution in [0.4, 0.5) is 11.4 Å². The fraction of sp³-hybridized carbons (Fsp3) is 0.235. The second kappa shape index (κ2) is 8.93. The minimum absolute atomic E-state index is 0.0191. The molecule has 24 heavy (non-hydrogen) atoms. The van der Waals surface area contributed by atoms with Crippen molar-refractivity contribution in [3.05, 3.63) is 64.7 Å². The number of nitro benzene ring substituents is 1. The summed E-state index contributed by atoms with van der Waals surface area (Å²) in [5.74, 6) is -0.0191. The standard InChI is InChI=1S/C17H19N3O3S/c1-13(24-16-5-3-2-4-6-16)17(21)19-12-11-18-14-7-9-15(10-8-14)20(22)23/h2-10,13,18H,11-12H2,1H3,(H,19,21)/t13-/m1/s1. The summed E-state index contributed by atoms with van der Waals surface area (Å²) in [6.07, 6.45) is 0. The van der Waals surface area contributed by atoms with Gasteiger partial charge in [0, 0.05) is 35.8 Å². The molecule has 2 N–H and O–H groups in total. The second-order valence-corrected chi connectivity index (χ2v) is 6.51. The van der Waals surface area contributed by atoms with E-state index in [9.17, 15) is 14.9 Å². The van der Waals surface area contributed by atoms with Gasteiger partial charge in [-0.25, -0.2) is 0 Å². The van der Waals surface area contributed by atoms with Crippen LogP contribution in [0.5, 0.6) is 0 Å². The summed E-state index contributed by atoms with van der Waals surface area (Å²) in [5.41, 5.74) is 0.835. The monoisotopic (exact) mass is 345 g/mol. The molecule has 1 amide bonds. The van der Waals surface area contributed by atoms with Crippen LogP contribution in [0.25, 0.3) is 0 Å². The molecule has 0 aromatic heterocycles. The number of non-ortho nitro benzene ring substituents is 1. The molecule has 0 radical (unpaired) electrons. The zero-order valence-electron chi connectivity index (χ0n) is 13.3. The van der Waals surface area contributed by atoms with Crippen molar-refractivity contribution in [2.75, 3.05) is 18.4 Å². The first kappa shape index (κ1) is 17.8. The summed E-state index contributed by atoms with van der Waals surface area (Å²) in [4.78, 5) is 23.2. The second-order valence-electron chi connectivity index (χ2n) is 5.09. The van der Waals surface area contributed by atoms with Gasteiger partial charge in [0.05, 0.1) is 10.2 Å². The Labute approximate surface area is 144 Å². The molecule has 1 atom stereocenters. The number of amides is 1. The van der Waals surface area contributed by atoms with Crippen LogP contribution in [-0.2, 0) is 4.79 Å². The van der Waals surface area contributed by atoms with Crippen LogP contribution >= 0.6 is 11.8 Å². The Hall–Kier alpha value is -2.54. The largest absolute Gasteiger partial charge is 0.383 e. The summed E-state index contributed by atoms with van der Waals surface area (Å²) in [5, 5.41) is 16.4. The van der Waals surface area contributed by atoms with E-state index < -0.39 is 4.92 Å². The smallest absolute Gasteiger partial charge is 0.269 e. The Morgan fingerprint density at radius 1 is 1.12 bits per heavy atom. The molecule has 126 valence electrons. The average molecular weight is 345 g/mol. The molecule has 2 aromatic carbocycles. The molecule has 6 nitrogen and oxygen atoms in total. The van der Waals surface area contributed by atoms with Crippen LogP contribution < -0.4 is 10.6 Å². The Kier molecular flexibility index (Phi) is 6.62. The molecule has 0 saturated heterocycles. The van der Waals surface area contributed by atoms with E-state index in [0.717, 1.165) is 10.6 Å². The molecule has 0 aliphatic heterocycles. The first-order valence-electron chi connectivity index (χ1n) is 7.54. The van der Waals surface area contributed by atoms with Gasteiger partial charge in [-0.2, -0.15) is 0 Å². The first-order valence-corrected chi connectivity index (χ1v) is 8.42. The van der Waals surface area contributed by atoms with Gasteiger partial charge in [-0.1, -0.05) is 18.2 Å². The Bertz CT molecular complexity index is 677. The highest BCUT2D eigenvalue weighted by molar-refractivity contribution is 8.00. The molecular formula is C17H19N3O3S. The quantitative estimate of drug-likeness (QED) is 0.332. The van der Waals surface area contributed by atoms with Gasteiger partial charge in [0.15, 0.2) is 0 Å².